The minimum atomic E-state index is -0.106. The molecule has 0 saturated heterocycles. The van der Waals surface area contributed by atoms with Crippen LogP contribution in [0.5, 0.6) is 0 Å². The van der Waals surface area contributed by atoms with Crippen LogP contribution >= 0.6 is 11.3 Å². The molecular formula is C68H80BN3S. The van der Waals surface area contributed by atoms with Crippen LogP contribution in [-0.4, -0.2) is 17.8 Å². The summed E-state index contributed by atoms with van der Waals surface area (Å²) in [6, 6.07) is 33.2. The Morgan fingerprint density at radius 3 is 1.73 bits per heavy atom. The molecular weight excluding hydrogens is 902 g/mol. The third-order valence-electron chi connectivity index (χ3n) is 20.8. The summed E-state index contributed by atoms with van der Waals surface area (Å²) in [6.07, 6.45) is 9.84. The molecule has 5 heteroatoms. The largest absolute Gasteiger partial charge is 0.335 e. The van der Waals surface area contributed by atoms with Gasteiger partial charge in [0.1, 0.15) is 0 Å². The number of aryl methyl sites for hydroxylation is 4. The van der Waals surface area contributed by atoms with E-state index < -0.39 is 0 Å². The maximum absolute atomic E-state index is 3.00. The highest BCUT2D eigenvalue weighted by Crippen LogP contribution is 2.66. The molecule has 73 heavy (non-hydrogen) atoms. The molecule has 1 aromatic heterocycles. The molecule has 5 heterocycles. The van der Waals surface area contributed by atoms with E-state index in [1.165, 1.54) is 161 Å². The Labute approximate surface area is 442 Å². The second kappa shape index (κ2) is 14.9. The molecule has 6 aliphatic rings. The highest BCUT2D eigenvalue weighted by molar-refractivity contribution is 7.26. The highest BCUT2D eigenvalue weighted by atomic mass is 32.1. The molecule has 4 unspecified atom stereocenters. The standard InChI is InChI=1S/C68H80BN3S/c1-39-32-40(2)56-60-55(39)66(15)29-19-21-31-68(66,17)72(60)53-38-46(71-51-26-22-44(63(8,9)10)36-49(51)65(14)28-18-20-30-67(65,71)16)37-52-57(53)69(56)50-25-24-47-48-35-43(62(5,6)7)23-27-54(48)73-61(47)59(50)70(52)58-41(3)33-45(34-42(58)4)64(11,12)13/h22-27,32-38H,18-21,28-31H2,1-17H3. The van der Waals surface area contributed by atoms with Gasteiger partial charge >= 0.3 is 0 Å². The number of thiophene rings is 1. The molecule has 4 aliphatic heterocycles. The molecule has 7 aromatic rings. The third kappa shape index (κ3) is 6.07. The van der Waals surface area contributed by atoms with E-state index in [2.05, 4.69) is 211 Å². The van der Waals surface area contributed by atoms with Crippen molar-refractivity contribution in [3.05, 3.63) is 129 Å². The normalized spacial score (nSPS) is 25.0. The van der Waals surface area contributed by atoms with E-state index >= 15 is 0 Å². The Kier molecular flexibility index (Phi) is 9.73. The predicted molar refractivity (Wildman–Crippen MR) is 319 cm³/mol. The zero-order chi connectivity index (χ0) is 51.6. The molecule has 2 fully saturated rings. The van der Waals surface area contributed by atoms with Crippen molar-refractivity contribution in [3.63, 3.8) is 0 Å². The van der Waals surface area contributed by atoms with Gasteiger partial charge in [0.25, 0.3) is 6.71 Å². The van der Waals surface area contributed by atoms with Crippen molar-refractivity contribution in [2.24, 2.45) is 0 Å². The Balaban J connectivity index is 1.20. The van der Waals surface area contributed by atoms with E-state index in [-0.39, 0.29) is 44.9 Å². The summed E-state index contributed by atoms with van der Waals surface area (Å²) < 4.78 is 2.77. The minimum absolute atomic E-state index is 0.00443. The van der Waals surface area contributed by atoms with E-state index in [1.54, 1.807) is 16.6 Å². The topological polar surface area (TPSA) is 9.72 Å². The molecule has 376 valence electrons. The number of hydrogen-bond acceptors (Lipinski definition) is 4. The average Bonchev–Trinajstić information content (AvgIpc) is 3.86. The van der Waals surface area contributed by atoms with Gasteiger partial charge in [-0.05, 0) is 175 Å². The molecule has 4 atom stereocenters. The zero-order valence-electron chi connectivity index (χ0n) is 47.5. The monoisotopic (exact) mass is 982 g/mol. The van der Waals surface area contributed by atoms with Crippen molar-refractivity contribution < 1.29 is 0 Å². The minimum Gasteiger partial charge on any atom is -0.335 e. The van der Waals surface area contributed by atoms with Gasteiger partial charge in [-0.3, -0.25) is 0 Å². The maximum Gasteiger partial charge on any atom is 0.252 e. The maximum atomic E-state index is 3.00. The van der Waals surface area contributed by atoms with Crippen LogP contribution in [-0.2, 0) is 27.1 Å². The lowest BCUT2D eigenvalue weighted by atomic mass is 9.32. The van der Waals surface area contributed by atoms with Gasteiger partial charge in [-0.1, -0.05) is 156 Å². The van der Waals surface area contributed by atoms with Gasteiger partial charge in [-0.15, -0.1) is 11.3 Å². The van der Waals surface area contributed by atoms with Crippen LogP contribution < -0.4 is 31.1 Å². The molecule has 0 bridgehead atoms. The van der Waals surface area contributed by atoms with Crippen molar-refractivity contribution in [2.45, 2.75) is 207 Å². The van der Waals surface area contributed by atoms with Crippen molar-refractivity contribution >= 4 is 94.4 Å². The Morgan fingerprint density at radius 1 is 0.479 bits per heavy atom. The lowest BCUT2D eigenvalue weighted by molar-refractivity contribution is 0.193. The number of hydrogen-bond donors (Lipinski definition) is 0. The molecule has 2 aliphatic carbocycles. The van der Waals surface area contributed by atoms with E-state index in [0.717, 1.165) is 0 Å². The number of fused-ring (bicyclic) bond motifs is 14. The van der Waals surface area contributed by atoms with Crippen molar-refractivity contribution in [1.82, 2.24) is 0 Å². The van der Waals surface area contributed by atoms with Crippen LogP contribution in [0.4, 0.5) is 39.8 Å². The average molecular weight is 982 g/mol. The Hall–Kier alpha value is -5.00. The third-order valence-corrected chi connectivity index (χ3v) is 22.0. The van der Waals surface area contributed by atoms with Crippen molar-refractivity contribution in [3.8, 4) is 0 Å². The van der Waals surface area contributed by atoms with Gasteiger partial charge in [-0.25, -0.2) is 0 Å². The lowest BCUT2D eigenvalue weighted by Crippen LogP contribution is -2.65. The summed E-state index contributed by atoms with van der Waals surface area (Å²) in [4.78, 5) is 8.74. The summed E-state index contributed by atoms with van der Waals surface area (Å²) in [5.74, 6) is 0. The van der Waals surface area contributed by atoms with Crippen LogP contribution in [0.1, 0.15) is 191 Å². The number of benzene rings is 6. The van der Waals surface area contributed by atoms with Crippen LogP contribution in [0.3, 0.4) is 0 Å². The summed E-state index contributed by atoms with van der Waals surface area (Å²) in [5.41, 5.74) is 27.2. The van der Waals surface area contributed by atoms with Crippen LogP contribution in [0.2, 0.25) is 0 Å². The number of anilines is 7. The number of rotatable bonds is 2. The predicted octanol–water partition coefficient (Wildman–Crippen LogP) is 17.3. The first kappa shape index (κ1) is 47.7. The first-order valence-electron chi connectivity index (χ1n) is 28.2. The van der Waals surface area contributed by atoms with Gasteiger partial charge in [0.2, 0.25) is 0 Å². The Bertz CT molecular complexity index is 3550. The smallest absolute Gasteiger partial charge is 0.252 e. The van der Waals surface area contributed by atoms with Crippen LogP contribution in [0.15, 0.2) is 78.9 Å². The van der Waals surface area contributed by atoms with Crippen LogP contribution in [0, 0.1) is 27.7 Å². The fourth-order valence-corrected chi connectivity index (χ4v) is 17.7. The Morgan fingerprint density at radius 2 is 1.07 bits per heavy atom. The number of nitrogens with zero attached hydrogens (tertiary/aromatic N) is 3. The first-order valence-corrected chi connectivity index (χ1v) is 29.0. The van der Waals surface area contributed by atoms with E-state index in [1.807, 2.05) is 11.3 Å². The van der Waals surface area contributed by atoms with E-state index in [9.17, 15) is 0 Å². The van der Waals surface area contributed by atoms with Gasteiger partial charge in [0.05, 0.1) is 27.2 Å². The molecule has 2 saturated carbocycles. The van der Waals surface area contributed by atoms with Gasteiger partial charge in [0, 0.05) is 54.7 Å². The molecule has 6 aromatic carbocycles. The molecule has 0 radical (unpaired) electrons. The fourth-order valence-electron chi connectivity index (χ4n) is 16.5. The SMILES string of the molecule is Cc1cc(C)c2c3c1B1c4ccc5c(sc6ccc(C(C)(C)C)cc65)c4N(c4c(C)cc(C(C)(C)C)cc4C)c4cc(N5c6ccc(C(C)(C)C)cc6C6(C)CCCCC56C)cc(c41)N3C1(C)CCCCC21C. The van der Waals surface area contributed by atoms with Crippen LogP contribution in [0.25, 0.3) is 20.2 Å². The first-order chi connectivity index (χ1) is 34.2. The van der Waals surface area contributed by atoms with Gasteiger partial charge in [0.15, 0.2) is 0 Å². The molecule has 3 nitrogen and oxygen atoms in total. The zero-order valence-corrected chi connectivity index (χ0v) is 48.3. The molecule has 13 rings (SSSR count). The van der Waals surface area contributed by atoms with E-state index in [0.29, 0.717) is 0 Å². The summed E-state index contributed by atoms with van der Waals surface area (Å²) in [7, 11) is 0. The quantitative estimate of drug-likeness (QED) is 0.160. The fraction of sp³-hybridized carbons (Fsp3) is 0.471. The second-order valence-corrected chi connectivity index (χ2v) is 29.3. The lowest BCUT2D eigenvalue weighted by Gasteiger charge is -2.54. The molecule has 0 spiro atoms. The van der Waals surface area contributed by atoms with Gasteiger partial charge in [-0.2, -0.15) is 0 Å². The molecule has 0 amide bonds. The molecule has 0 N–H and O–H groups in total. The summed E-state index contributed by atoms with van der Waals surface area (Å²) in [5, 5.41) is 2.76. The van der Waals surface area contributed by atoms with Crippen molar-refractivity contribution in [2.75, 3.05) is 14.7 Å². The summed E-state index contributed by atoms with van der Waals surface area (Å²) >= 11 is 2.02. The van der Waals surface area contributed by atoms with Gasteiger partial charge < -0.3 is 14.7 Å². The van der Waals surface area contributed by atoms with Crippen molar-refractivity contribution in [1.29, 1.82) is 0 Å². The summed E-state index contributed by atoms with van der Waals surface area (Å²) in [6.45, 7) is 41.7. The highest BCUT2D eigenvalue weighted by Gasteiger charge is 2.63. The van der Waals surface area contributed by atoms with E-state index in [4.69, 9.17) is 0 Å². The second-order valence-electron chi connectivity index (χ2n) is 28.2.